The van der Waals surface area contributed by atoms with E-state index in [1.807, 2.05) is 65.7 Å². The molecule has 0 unspecified atom stereocenters. The maximum absolute atomic E-state index is 13.1. The molecule has 1 amide bonds. The molecule has 1 atom stereocenters. The number of piperidine rings is 1. The van der Waals surface area contributed by atoms with E-state index in [-0.39, 0.29) is 18.4 Å². The second-order valence-corrected chi connectivity index (χ2v) is 7.24. The summed E-state index contributed by atoms with van der Waals surface area (Å²) in [6.45, 7) is 1.44. The molecule has 5 heteroatoms. The van der Waals surface area contributed by atoms with Crippen molar-refractivity contribution >= 4 is 5.91 Å². The first-order valence-electron chi connectivity index (χ1n) is 9.86. The molecule has 0 radical (unpaired) electrons. The third-order valence-electron chi connectivity index (χ3n) is 5.17. The topological polar surface area (TPSA) is 58.4 Å². The zero-order chi connectivity index (χ0) is 20.1. The molecule has 2 aromatic carbocycles. The zero-order valence-corrected chi connectivity index (χ0v) is 16.2. The fraction of sp³-hybridized carbons (Fsp3) is 0.250. The minimum absolute atomic E-state index is 0.0158. The van der Waals surface area contributed by atoms with Gasteiger partial charge in [-0.05, 0) is 55.2 Å². The van der Waals surface area contributed by atoms with Crippen molar-refractivity contribution in [3.8, 4) is 17.5 Å². The van der Waals surface area contributed by atoms with E-state index in [2.05, 4.69) is 16.9 Å². The van der Waals surface area contributed by atoms with Crippen LogP contribution in [0.5, 0.6) is 0 Å². The van der Waals surface area contributed by atoms with Crippen LogP contribution in [-0.2, 0) is 0 Å². The summed E-state index contributed by atoms with van der Waals surface area (Å²) in [5.74, 6) is 6.54. The molecule has 1 fully saturated rings. The lowest BCUT2D eigenvalue weighted by molar-refractivity contribution is 0.0620. The number of amides is 1. The molecule has 1 saturated heterocycles. The van der Waals surface area contributed by atoms with E-state index in [0.29, 0.717) is 12.1 Å². The van der Waals surface area contributed by atoms with Crippen LogP contribution in [0.15, 0.2) is 67.0 Å². The predicted octanol–water partition coefficient (Wildman–Crippen LogP) is 3.12. The van der Waals surface area contributed by atoms with Crippen LogP contribution < -0.4 is 0 Å². The minimum Gasteiger partial charge on any atom is -0.396 e. The van der Waals surface area contributed by atoms with Gasteiger partial charge in [0, 0.05) is 43.2 Å². The summed E-state index contributed by atoms with van der Waals surface area (Å²) >= 11 is 0. The Kier molecular flexibility index (Phi) is 5.73. The van der Waals surface area contributed by atoms with Gasteiger partial charge in [0.15, 0.2) is 0 Å². The Hall–Kier alpha value is -3.36. The largest absolute Gasteiger partial charge is 0.396 e. The number of benzene rings is 2. The predicted molar refractivity (Wildman–Crippen MR) is 112 cm³/mol. The van der Waals surface area contributed by atoms with Crippen LogP contribution in [0.3, 0.4) is 0 Å². The fourth-order valence-corrected chi connectivity index (χ4v) is 3.62. The van der Waals surface area contributed by atoms with Gasteiger partial charge in [0.1, 0.15) is 0 Å². The molecule has 3 aromatic rings. The van der Waals surface area contributed by atoms with Gasteiger partial charge in [-0.1, -0.05) is 30.0 Å². The summed E-state index contributed by atoms with van der Waals surface area (Å²) in [5.41, 5.74) is 3.11. The van der Waals surface area contributed by atoms with E-state index in [1.165, 1.54) is 0 Å². The number of rotatable bonds is 3. The first-order valence-corrected chi connectivity index (χ1v) is 9.86. The number of likely N-dealkylation sites (tertiary alicyclic amines) is 1. The molecule has 0 bridgehead atoms. The first-order chi connectivity index (χ1) is 14.2. The summed E-state index contributed by atoms with van der Waals surface area (Å²) in [5, 5.41) is 13.8. The Morgan fingerprint density at radius 1 is 1.14 bits per heavy atom. The second-order valence-electron chi connectivity index (χ2n) is 7.24. The summed E-state index contributed by atoms with van der Waals surface area (Å²) < 4.78 is 1.76. The Labute approximate surface area is 170 Å². The number of hydrogen-bond donors (Lipinski definition) is 1. The quantitative estimate of drug-likeness (QED) is 0.705. The monoisotopic (exact) mass is 385 g/mol. The van der Waals surface area contributed by atoms with Crippen LogP contribution >= 0.6 is 0 Å². The van der Waals surface area contributed by atoms with Crippen molar-refractivity contribution < 1.29 is 9.90 Å². The van der Waals surface area contributed by atoms with Crippen molar-refractivity contribution in [2.75, 3.05) is 19.7 Å². The number of aliphatic hydroxyl groups is 1. The lowest BCUT2D eigenvalue weighted by Gasteiger charge is -2.32. The van der Waals surface area contributed by atoms with Gasteiger partial charge in [-0.15, -0.1) is 0 Å². The van der Waals surface area contributed by atoms with Gasteiger partial charge in [0.25, 0.3) is 5.91 Å². The fourth-order valence-electron chi connectivity index (χ4n) is 3.62. The molecule has 4 rings (SSSR count). The molecule has 5 nitrogen and oxygen atoms in total. The standard InChI is InChI=1S/C24H23N3O2/c28-18-20-8-4-14-26(17-20)24(29)22-11-12-23(27-15-5-13-25-27)21(16-22)10-9-19-6-2-1-3-7-19/h1-3,5-7,11-13,15-16,20,28H,4,8,14,17-18H2/t20-/m0/s1. The van der Waals surface area contributed by atoms with Gasteiger partial charge in [-0.25, -0.2) is 4.68 Å². The van der Waals surface area contributed by atoms with Crippen LogP contribution in [0.4, 0.5) is 0 Å². The first kappa shape index (κ1) is 19.0. The van der Waals surface area contributed by atoms with E-state index in [9.17, 15) is 9.90 Å². The second kappa shape index (κ2) is 8.76. The van der Waals surface area contributed by atoms with Crippen molar-refractivity contribution in [1.82, 2.24) is 14.7 Å². The van der Waals surface area contributed by atoms with E-state index in [1.54, 1.807) is 10.9 Å². The molecular weight excluding hydrogens is 362 g/mol. The molecule has 1 aromatic heterocycles. The average molecular weight is 385 g/mol. The number of carbonyl (C=O) groups excluding carboxylic acids is 1. The van der Waals surface area contributed by atoms with E-state index >= 15 is 0 Å². The molecule has 2 heterocycles. The lowest BCUT2D eigenvalue weighted by Crippen LogP contribution is -2.41. The number of carbonyl (C=O) groups is 1. The lowest BCUT2D eigenvalue weighted by atomic mass is 9.98. The van der Waals surface area contributed by atoms with Gasteiger partial charge in [0.05, 0.1) is 11.3 Å². The SMILES string of the molecule is O=C(c1ccc(-n2cccn2)c(C#Cc2ccccc2)c1)N1CCC[C@H](CO)C1. The Morgan fingerprint density at radius 2 is 2.00 bits per heavy atom. The number of hydrogen-bond acceptors (Lipinski definition) is 3. The van der Waals surface area contributed by atoms with Gasteiger partial charge >= 0.3 is 0 Å². The van der Waals surface area contributed by atoms with E-state index in [4.69, 9.17) is 0 Å². The molecule has 29 heavy (non-hydrogen) atoms. The highest BCUT2D eigenvalue weighted by Crippen LogP contribution is 2.21. The van der Waals surface area contributed by atoms with E-state index < -0.39 is 0 Å². The molecule has 146 valence electrons. The molecule has 0 spiro atoms. The van der Waals surface area contributed by atoms with Crippen LogP contribution in [0, 0.1) is 17.8 Å². The third-order valence-corrected chi connectivity index (χ3v) is 5.17. The van der Waals surface area contributed by atoms with Crippen LogP contribution in [-0.4, -0.2) is 45.4 Å². The highest BCUT2D eigenvalue weighted by molar-refractivity contribution is 5.95. The van der Waals surface area contributed by atoms with Crippen LogP contribution in [0.1, 0.15) is 34.3 Å². The minimum atomic E-state index is -0.0158. The molecule has 1 aliphatic heterocycles. The number of nitrogens with zero attached hydrogens (tertiary/aromatic N) is 3. The van der Waals surface area contributed by atoms with Crippen LogP contribution in [0.2, 0.25) is 0 Å². The molecule has 0 saturated carbocycles. The summed E-state index contributed by atoms with van der Waals surface area (Å²) in [4.78, 5) is 14.9. The highest BCUT2D eigenvalue weighted by Gasteiger charge is 2.24. The van der Waals surface area contributed by atoms with E-state index in [0.717, 1.165) is 36.2 Å². The average Bonchev–Trinajstić information content (AvgIpc) is 3.32. The van der Waals surface area contributed by atoms with Crippen molar-refractivity contribution in [1.29, 1.82) is 0 Å². The van der Waals surface area contributed by atoms with Crippen molar-refractivity contribution in [2.45, 2.75) is 12.8 Å². The van der Waals surface area contributed by atoms with Gasteiger partial charge in [0.2, 0.25) is 0 Å². The smallest absolute Gasteiger partial charge is 0.253 e. The summed E-state index contributed by atoms with van der Waals surface area (Å²) in [6, 6.07) is 17.2. The molecule has 1 aliphatic rings. The Balaban J connectivity index is 1.68. The van der Waals surface area contributed by atoms with Gasteiger partial charge in [-0.3, -0.25) is 4.79 Å². The zero-order valence-electron chi connectivity index (χ0n) is 16.2. The number of aliphatic hydroxyl groups excluding tert-OH is 1. The van der Waals surface area contributed by atoms with Gasteiger partial charge in [-0.2, -0.15) is 5.10 Å². The Morgan fingerprint density at radius 3 is 2.76 bits per heavy atom. The van der Waals surface area contributed by atoms with Crippen molar-refractivity contribution in [3.05, 3.63) is 83.7 Å². The third kappa shape index (κ3) is 4.39. The maximum Gasteiger partial charge on any atom is 0.253 e. The molecule has 1 N–H and O–H groups in total. The normalized spacial score (nSPS) is 16.2. The number of aromatic nitrogens is 2. The molecular formula is C24H23N3O2. The van der Waals surface area contributed by atoms with Gasteiger partial charge < -0.3 is 10.0 Å². The summed E-state index contributed by atoms with van der Waals surface area (Å²) in [6.07, 6.45) is 5.46. The maximum atomic E-state index is 13.1. The van der Waals surface area contributed by atoms with Crippen molar-refractivity contribution in [2.24, 2.45) is 5.92 Å². The summed E-state index contributed by atoms with van der Waals surface area (Å²) in [7, 11) is 0. The molecule has 0 aliphatic carbocycles. The van der Waals surface area contributed by atoms with Crippen LogP contribution in [0.25, 0.3) is 5.69 Å². The highest BCUT2D eigenvalue weighted by atomic mass is 16.3. The Bertz CT molecular complexity index is 1030. The van der Waals surface area contributed by atoms with Crippen molar-refractivity contribution in [3.63, 3.8) is 0 Å².